The first kappa shape index (κ1) is 19.8. The Morgan fingerprint density at radius 2 is 1.89 bits per heavy atom. The van der Waals surface area contributed by atoms with Gasteiger partial charge in [-0.05, 0) is 55.8 Å². The first-order valence-electron chi connectivity index (χ1n) is 8.98. The van der Waals surface area contributed by atoms with E-state index in [2.05, 4.69) is 16.0 Å². The number of carbonyl (C=O) groups excluding carboxylic acids is 2. The average Bonchev–Trinajstić information content (AvgIpc) is 2.66. The summed E-state index contributed by atoms with van der Waals surface area (Å²) < 4.78 is 5.61. The van der Waals surface area contributed by atoms with Crippen molar-refractivity contribution in [3.05, 3.63) is 64.2 Å². The highest BCUT2D eigenvalue weighted by atomic mass is 35.5. The normalized spacial score (nSPS) is 12.5. The van der Waals surface area contributed by atoms with Gasteiger partial charge < -0.3 is 20.7 Å². The number of halogens is 1. The van der Waals surface area contributed by atoms with E-state index < -0.39 is 0 Å². The minimum atomic E-state index is -0.249. The quantitative estimate of drug-likeness (QED) is 0.711. The van der Waals surface area contributed by atoms with Gasteiger partial charge in [-0.25, -0.2) is 4.79 Å². The van der Waals surface area contributed by atoms with Crippen molar-refractivity contribution in [1.29, 1.82) is 0 Å². The first-order chi connectivity index (χ1) is 13.4. The molecule has 0 aromatic heterocycles. The Labute approximate surface area is 168 Å². The molecule has 0 saturated heterocycles. The van der Waals surface area contributed by atoms with Crippen molar-refractivity contribution in [1.82, 2.24) is 10.6 Å². The van der Waals surface area contributed by atoms with Gasteiger partial charge in [-0.2, -0.15) is 0 Å². The highest BCUT2D eigenvalue weighted by Crippen LogP contribution is 2.29. The summed E-state index contributed by atoms with van der Waals surface area (Å²) in [5.74, 6) is 0.523. The molecule has 0 spiro atoms. The molecule has 1 aliphatic rings. The number of rotatable bonds is 5. The molecule has 2 aromatic carbocycles. The molecule has 6 nitrogen and oxygen atoms in total. The van der Waals surface area contributed by atoms with Gasteiger partial charge in [0.25, 0.3) is 5.91 Å². The fraction of sp³-hybridized carbons (Fsp3) is 0.238. The molecule has 7 heteroatoms. The van der Waals surface area contributed by atoms with Gasteiger partial charge in [0, 0.05) is 28.9 Å². The molecule has 3 amide bonds. The lowest BCUT2D eigenvalue weighted by Gasteiger charge is -2.18. The Morgan fingerprint density at radius 1 is 1.14 bits per heavy atom. The second-order valence-electron chi connectivity index (χ2n) is 6.77. The number of benzene rings is 2. The van der Waals surface area contributed by atoms with Crippen LogP contribution in [0.3, 0.4) is 0 Å². The van der Waals surface area contributed by atoms with Crippen LogP contribution in [0.25, 0.3) is 6.08 Å². The summed E-state index contributed by atoms with van der Waals surface area (Å²) in [5.41, 5.74) is 2.94. The highest BCUT2D eigenvalue weighted by molar-refractivity contribution is 6.30. The predicted molar refractivity (Wildman–Crippen MR) is 111 cm³/mol. The first-order valence-corrected chi connectivity index (χ1v) is 9.36. The van der Waals surface area contributed by atoms with Crippen LogP contribution in [0.4, 0.5) is 10.5 Å². The monoisotopic (exact) mass is 399 g/mol. The van der Waals surface area contributed by atoms with Crippen LogP contribution in [-0.2, 0) is 11.3 Å². The maximum Gasteiger partial charge on any atom is 0.319 e. The van der Waals surface area contributed by atoms with Crippen LogP contribution < -0.4 is 20.7 Å². The van der Waals surface area contributed by atoms with E-state index in [0.29, 0.717) is 28.6 Å². The van der Waals surface area contributed by atoms with Crippen molar-refractivity contribution in [2.75, 3.05) is 11.9 Å². The minimum Gasteiger partial charge on any atom is -0.488 e. The van der Waals surface area contributed by atoms with Crippen molar-refractivity contribution < 1.29 is 14.3 Å². The predicted octanol–water partition coefficient (Wildman–Crippen LogP) is 3.96. The van der Waals surface area contributed by atoms with Gasteiger partial charge in [0.15, 0.2) is 0 Å². The molecule has 0 fully saturated rings. The van der Waals surface area contributed by atoms with Crippen LogP contribution in [0, 0.1) is 0 Å². The largest absolute Gasteiger partial charge is 0.488 e. The molecule has 3 N–H and O–H groups in total. The Bertz CT molecular complexity index is 908. The van der Waals surface area contributed by atoms with E-state index in [1.54, 1.807) is 36.4 Å². The molecule has 0 radical (unpaired) electrons. The smallest absolute Gasteiger partial charge is 0.319 e. The zero-order valence-corrected chi connectivity index (χ0v) is 16.5. The number of carbonyl (C=O) groups is 2. The van der Waals surface area contributed by atoms with Crippen molar-refractivity contribution in [3.8, 4) is 5.75 Å². The van der Waals surface area contributed by atoms with Crippen LogP contribution in [0.2, 0.25) is 5.02 Å². The van der Waals surface area contributed by atoms with E-state index in [4.69, 9.17) is 16.3 Å². The Morgan fingerprint density at radius 3 is 2.61 bits per heavy atom. The summed E-state index contributed by atoms with van der Waals surface area (Å²) in [6.45, 7) is 4.38. The number of nitrogens with one attached hydrogen (secondary N) is 3. The third-order valence-corrected chi connectivity index (χ3v) is 4.30. The van der Waals surface area contributed by atoms with Gasteiger partial charge in [-0.3, -0.25) is 4.79 Å². The SMILES string of the molecule is CC(C)NC(=O)Nc1ccc(CNC(=O)C2=Cc3cc(Cl)ccc3OC2)cc1. The van der Waals surface area contributed by atoms with Crippen LogP contribution in [0.5, 0.6) is 5.75 Å². The van der Waals surface area contributed by atoms with E-state index >= 15 is 0 Å². The molecule has 0 unspecified atom stereocenters. The number of hydrogen-bond donors (Lipinski definition) is 3. The highest BCUT2D eigenvalue weighted by Gasteiger charge is 2.17. The van der Waals surface area contributed by atoms with Crippen LogP contribution in [0.1, 0.15) is 25.0 Å². The maximum absolute atomic E-state index is 12.4. The zero-order valence-electron chi connectivity index (χ0n) is 15.7. The van der Waals surface area contributed by atoms with Gasteiger partial charge in [0.05, 0.1) is 5.57 Å². The molecule has 0 saturated carbocycles. The van der Waals surface area contributed by atoms with Gasteiger partial charge in [-0.15, -0.1) is 0 Å². The Balaban J connectivity index is 1.55. The fourth-order valence-electron chi connectivity index (χ4n) is 2.71. The summed E-state index contributed by atoms with van der Waals surface area (Å²) in [5, 5.41) is 8.99. The second kappa shape index (κ2) is 8.80. The van der Waals surface area contributed by atoms with E-state index in [9.17, 15) is 9.59 Å². The van der Waals surface area contributed by atoms with Crippen LogP contribution >= 0.6 is 11.6 Å². The van der Waals surface area contributed by atoms with Crippen molar-refractivity contribution in [2.45, 2.75) is 26.4 Å². The number of hydrogen-bond acceptors (Lipinski definition) is 3. The van der Waals surface area contributed by atoms with Gasteiger partial charge in [0.1, 0.15) is 12.4 Å². The molecule has 2 aromatic rings. The van der Waals surface area contributed by atoms with E-state index in [1.165, 1.54) is 0 Å². The molecule has 1 aliphatic heterocycles. The third kappa shape index (κ3) is 5.27. The summed E-state index contributed by atoms with van der Waals surface area (Å²) in [6.07, 6.45) is 1.79. The lowest BCUT2D eigenvalue weighted by atomic mass is 10.1. The van der Waals surface area contributed by atoms with Crippen molar-refractivity contribution in [2.24, 2.45) is 0 Å². The Kier molecular flexibility index (Phi) is 6.21. The lowest BCUT2D eigenvalue weighted by molar-refractivity contribution is -0.117. The number of urea groups is 1. The topological polar surface area (TPSA) is 79.5 Å². The van der Waals surface area contributed by atoms with Gasteiger partial charge in [-0.1, -0.05) is 23.7 Å². The van der Waals surface area contributed by atoms with Crippen molar-refractivity contribution in [3.63, 3.8) is 0 Å². The zero-order chi connectivity index (χ0) is 20.1. The molecular weight excluding hydrogens is 378 g/mol. The maximum atomic E-state index is 12.4. The molecule has 146 valence electrons. The summed E-state index contributed by atoms with van der Waals surface area (Å²) in [4.78, 5) is 24.1. The second-order valence-corrected chi connectivity index (χ2v) is 7.21. The Hall–Kier alpha value is -2.99. The standard InChI is InChI=1S/C21H22ClN3O3/c1-13(2)24-21(27)25-18-6-3-14(4-7-18)11-23-20(26)16-9-15-10-17(22)5-8-19(15)28-12-16/h3-10,13H,11-12H2,1-2H3,(H,23,26)(H2,24,25,27). The van der Waals surface area contributed by atoms with Crippen LogP contribution in [-0.4, -0.2) is 24.6 Å². The molecule has 3 rings (SSSR count). The summed E-state index contributed by atoms with van der Waals surface area (Å²) in [7, 11) is 0. The van der Waals surface area contributed by atoms with Crippen molar-refractivity contribution >= 4 is 35.3 Å². The number of anilines is 1. The fourth-order valence-corrected chi connectivity index (χ4v) is 2.89. The average molecular weight is 400 g/mol. The molecule has 1 heterocycles. The molecule has 0 aliphatic carbocycles. The van der Waals surface area contributed by atoms with E-state index in [0.717, 1.165) is 11.1 Å². The number of fused-ring (bicyclic) bond motifs is 1. The third-order valence-electron chi connectivity index (χ3n) is 4.06. The summed E-state index contributed by atoms with van der Waals surface area (Å²) >= 11 is 6.00. The lowest BCUT2D eigenvalue weighted by Crippen LogP contribution is -2.34. The molecule has 0 bridgehead atoms. The minimum absolute atomic E-state index is 0.0653. The van der Waals surface area contributed by atoms with E-state index in [1.807, 2.05) is 26.0 Å². The molecule has 28 heavy (non-hydrogen) atoms. The van der Waals surface area contributed by atoms with E-state index in [-0.39, 0.29) is 24.6 Å². The van der Waals surface area contributed by atoms with Gasteiger partial charge in [0.2, 0.25) is 0 Å². The van der Waals surface area contributed by atoms with Crippen LogP contribution in [0.15, 0.2) is 48.0 Å². The molecule has 0 atom stereocenters. The number of ether oxygens (including phenoxy) is 1. The van der Waals surface area contributed by atoms with Gasteiger partial charge >= 0.3 is 6.03 Å². The summed E-state index contributed by atoms with van der Waals surface area (Å²) in [6, 6.07) is 12.4. The molecular formula is C21H22ClN3O3. The number of amides is 3.